The van der Waals surface area contributed by atoms with Crippen molar-refractivity contribution in [3.8, 4) is 0 Å². The number of unbranched alkanes of at least 4 members (excludes halogenated alkanes) is 4. The average Bonchev–Trinajstić information content (AvgIpc) is 3.24. The molecule has 30 heavy (non-hydrogen) atoms. The third-order valence-corrected chi connectivity index (χ3v) is 7.69. The van der Waals surface area contributed by atoms with Crippen molar-refractivity contribution in [2.75, 3.05) is 19.8 Å². The van der Waals surface area contributed by atoms with Gasteiger partial charge in [-0.15, -0.1) is 0 Å². The van der Waals surface area contributed by atoms with Gasteiger partial charge in [0.05, 0.1) is 24.5 Å². The number of fused-ring (bicyclic) bond motifs is 1. The summed E-state index contributed by atoms with van der Waals surface area (Å²) in [6, 6.07) is 1.33. The lowest BCUT2D eigenvalue weighted by molar-refractivity contribution is -0.915. The lowest BCUT2D eigenvalue weighted by atomic mass is 9.77. The zero-order valence-corrected chi connectivity index (χ0v) is 18.5. The van der Waals surface area contributed by atoms with E-state index >= 15 is 0 Å². The SMILES string of the molecule is C[C@H]1[C@H](O)C[C@H]([NH+]2CC=NC2)[C@H]2C[C@H](CCCCCCC[C@@H](O)CC(=O)[O-])CCN21. The van der Waals surface area contributed by atoms with Crippen LogP contribution in [0.2, 0.25) is 0 Å². The second-order valence-corrected chi connectivity index (χ2v) is 9.81. The molecule has 0 bridgehead atoms. The van der Waals surface area contributed by atoms with Crippen molar-refractivity contribution in [1.29, 1.82) is 0 Å². The fourth-order valence-electron chi connectivity index (χ4n) is 5.86. The Balaban J connectivity index is 1.35. The van der Waals surface area contributed by atoms with E-state index in [9.17, 15) is 20.1 Å². The van der Waals surface area contributed by atoms with Crippen molar-refractivity contribution in [2.45, 2.75) is 108 Å². The maximum absolute atomic E-state index is 10.6. The summed E-state index contributed by atoms with van der Waals surface area (Å²) in [7, 11) is 0. The molecule has 7 heteroatoms. The summed E-state index contributed by atoms with van der Waals surface area (Å²) in [4.78, 5) is 19.0. The van der Waals surface area contributed by atoms with Gasteiger partial charge < -0.3 is 25.0 Å². The molecule has 7 atom stereocenters. The standard InChI is InChI=1S/C23H41N3O4/c1-17-22(28)15-20(25-12-10-24-16-25)21-13-18(9-11-26(17)21)7-5-3-2-4-6-8-19(27)14-23(29)30/h10,17-22,27-28H,2-9,11-16H2,1H3,(H,29,30)/t17-,18+,19+,20-,21+,22+/m0/s1. The van der Waals surface area contributed by atoms with Gasteiger partial charge in [0.25, 0.3) is 0 Å². The van der Waals surface area contributed by atoms with Gasteiger partial charge in [0.1, 0.15) is 12.6 Å². The topological polar surface area (TPSA) is 101 Å². The molecule has 3 heterocycles. The molecule has 3 aliphatic heterocycles. The molecule has 0 aromatic carbocycles. The Hall–Kier alpha value is -1.02. The molecule has 0 aliphatic carbocycles. The number of hydrogen-bond acceptors (Lipinski definition) is 6. The molecule has 2 saturated heterocycles. The number of aliphatic hydroxyl groups is 2. The van der Waals surface area contributed by atoms with Gasteiger partial charge in [0.15, 0.2) is 6.67 Å². The third kappa shape index (κ3) is 6.49. The van der Waals surface area contributed by atoms with E-state index in [2.05, 4.69) is 16.8 Å². The Morgan fingerprint density at radius 2 is 2.03 bits per heavy atom. The van der Waals surface area contributed by atoms with Crippen LogP contribution in [0.4, 0.5) is 0 Å². The minimum atomic E-state index is -1.17. The Morgan fingerprint density at radius 1 is 1.27 bits per heavy atom. The predicted octanol–water partition coefficient (Wildman–Crippen LogP) is -0.253. The third-order valence-electron chi connectivity index (χ3n) is 7.69. The molecule has 1 unspecified atom stereocenters. The van der Waals surface area contributed by atoms with Gasteiger partial charge in [0.2, 0.25) is 0 Å². The van der Waals surface area contributed by atoms with E-state index in [1.54, 1.807) is 0 Å². The summed E-state index contributed by atoms with van der Waals surface area (Å²) in [6.07, 6.45) is 11.6. The van der Waals surface area contributed by atoms with Crippen LogP contribution in [0.25, 0.3) is 0 Å². The summed E-state index contributed by atoms with van der Waals surface area (Å²) >= 11 is 0. The van der Waals surface area contributed by atoms with Crippen molar-refractivity contribution in [1.82, 2.24) is 4.90 Å². The molecule has 0 radical (unpaired) electrons. The number of nitrogens with one attached hydrogen (secondary N) is 1. The quantitative estimate of drug-likeness (QED) is 0.398. The van der Waals surface area contributed by atoms with E-state index in [-0.39, 0.29) is 18.6 Å². The van der Waals surface area contributed by atoms with Gasteiger partial charge in [-0.2, -0.15) is 0 Å². The lowest BCUT2D eigenvalue weighted by Gasteiger charge is -2.52. The van der Waals surface area contributed by atoms with Crippen LogP contribution in [0.1, 0.15) is 77.6 Å². The summed E-state index contributed by atoms with van der Waals surface area (Å²) in [5.74, 6) is -0.388. The maximum atomic E-state index is 10.6. The van der Waals surface area contributed by atoms with E-state index < -0.39 is 12.1 Å². The smallest absolute Gasteiger partial charge is 0.171 e. The lowest BCUT2D eigenvalue weighted by Crippen LogP contribution is -3.16. The highest BCUT2D eigenvalue weighted by Gasteiger charge is 2.47. The number of piperidine rings is 2. The number of carboxylic acid groups (broad SMARTS) is 1. The van der Waals surface area contributed by atoms with Crippen molar-refractivity contribution >= 4 is 12.2 Å². The second kappa shape index (κ2) is 11.6. The summed E-state index contributed by atoms with van der Waals surface area (Å²) in [5, 5.41) is 30.6. The zero-order valence-electron chi connectivity index (χ0n) is 18.5. The molecule has 0 aromatic rings. The monoisotopic (exact) mass is 423 g/mol. The molecule has 2 fully saturated rings. The van der Waals surface area contributed by atoms with Crippen LogP contribution in [-0.2, 0) is 4.79 Å². The number of aliphatic carboxylic acids is 1. The number of aliphatic hydroxyl groups excluding tert-OH is 2. The second-order valence-electron chi connectivity index (χ2n) is 9.81. The van der Waals surface area contributed by atoms with E-state index in [1.165, 1.54) is 37.0 Å². The summed E-state index contributed by atoms with van der Waals surface area (Å²) in [6.45, 7) is 5.15. The van der Waals surface area contributed by atoms with E-state index in [4.69, 9.17) is 0 Å². The molecule has 0 aromatic heterocycles. The molecule has 0 saturated carbocycles. The largest absolute Gasteiger partial charge is 0.550 e. The van der Waals surface area contributed by atoms with E-state index in [0.717, 1.165) is 51.4 Å². The molecule has 3 rings (SSSR count). The van der Waals surface area contributed by atoms with E-state index in [1.807, 2.05) is 6.21 Å². The highest BCUT2D eigenvalue weighted by atomic mass is 16.4. The Labute approximate surface area is 181 Å². The number of rotatable bonds is 11. The molecule has 3 N–H and O–H groups in total. The van der Waals surface area contributed by atoms with Crippen LogP contribution >= 0.6 is 0 Å². The number of quaternary nitrogens is 1. The van der Waals surface area contributed by atoms with Crippen molar-refractivity contribution in [3.05, 3.63) is 0 Å². The van der Waals surface area contributed by atoms with Crippen LogP contribution in [0.5, 0.6) is 0 Å². The Kier molecular flexibility index (Phi) is 9.11. The minimum absolute atomic E-state index is 0.221. The first kappa shape index (κ1) is 23.6. The van der Waals surface area contributed by atoms with E-state index in [0.29, 0.717) is 18.5 Å². The Bertz CT molecular complexity index is 565. The molecular weight excluding hydrogens is 382 g/mol. The van der Waals surface area contributed by atoms with Crippen LogP contribution in [0, 0.1) is 5.92 Å². The molecule has 172 valence electrons. The highest BCUT2D eigenvalue weighted by molar-refractivity contribution is 5.64. The van der Waals surface area contributed by atoms with Crippen molar-refractivity contribution in [3.63, 3.8) is 0 Å². The molecule has 3 aliphatic rings. The number of carbonyl (C=O) groups is 1. The Morgan fingerprint density at radius 3 is 2.77 bits per heavy atom. The van der Waals surface area contributed by atoms with Crippen LogP contribution in [0.3, 0.4) is 0 Å². The first-order valence-corrected chi connectivity index (χ1v) is 12.1. The van der Waals surface area contributed by atoms with Gasteiger partial charge >= 0.3 is 0 Å². The van der Waals surface area contributed by atoms with Gasteiger partial charge in [0, 0.05) is 24.9 Å². The average molecular weight is 424 g/mol. The van der Waals surface area contributed by atoms with Gasteiger partial charge in [-0.3, -0.25) is 4.90 Å². The maximum Gasteiger partial charge on any atom is 0.171 e. The molecule has 0 spiro atoms. The summed E-state index contributed by atoms with van der Waals surface area (Å²) in [5.41, 5.74) is 0. The zero-order chi connectivity index (χ0) is 21.5. The number of nitrogens with zero attached hydrogens (tertiary/aromatic N) is 2. The minimum Gasteiger partial charge on any atom is -0.550 e. The van der Waals surface area contributed by atoms with Crippen LogP contribution in [0.15, 0.2) is 4.99 Å². The number of aliphatic imine (C=N–C) groups is 1. The van der Waals surface area contributed by atoms with Crippen molar-refractivity contribution in [2.24, 2.45) is 10.9 Å². The molecule has 0 amide bonds. The number of hydrogen-bond donors (Lipinski definition) is 3. The van der Waals surface area contributed by atoms with Gasteiger partial charge in [-0.25, -0.2) is 4.99 Å². The van der Waals surface area contributed by atoms with Crippen LogP contribution in [-0.4, -0.2) is 77.4 Å². The number of carbonyl (C=O) groups excluding carboxylic acids is 1. The van der Waals surface area contributed by atoms with Gasteiger partial charge in [-0.05, 0) is 38.6 Å². The van der Waals surface area contributed by atoms with Crippen molar-refractivity contribution < 1.29 is 25.0 Å². The fraction of sp³-hybridized carbons (Fsp3) is 0.913. The first-order chi connectivity index (χ1) is 14.5. The summed E-state index contributed by atoms with van der Waals surface area (Å²) < 4.78 is 0. The highest BCUT2D eigenvalue weighted by Crippen LogP contribution is 2.34. The molecular formula is C23H41N3O4. The normalized spacial score (nSPS) is 35.3. The van der Waals surface area contributed by atoms with Gasteiger partial charge in [-0.1, -0.05) is 38.5 Å². The predicted molar refractivity (Wildman–Crippen MR) is 114 cm³/mol. The molecule has 7 nitrogen and oxygen atoms in total. The van der Waals surface area contributed by atoms with Crippen LogP contribution < -0.4 is 10.0 Å². The fourth-order valence-corrected chi connectivity index (χ4v) is 5.86. The number of carboxylic acids is 1. The first-order valence-electron chi connectivity index (χ1n) is 12.1.